The van der Waals surface area contributed by atoms with Gasteiger partial charge in [0, 0.05) is 24.1 Å². The Hall–Kier alpha value is -3.36. The summed E-state index contributed by atoms with van der Waals surface area (Å²) in [6.07, 6.45) is 8.79. The van der Waals surface area contributed by atoms with E-state index < -0.39 is 5.97 Å². The summed E-state index contributed by atoms with van der Waals surface area (Å²) in [6.45, 7) is 0. The molecule has 0 spiro atoms. The zero-order valence-electron chi connectivity index (χ0n) is 18.8. The van der Waals surface area contributed by atoms with Gasteiger partial charge in [-0.3, -0.25) is 4.79 Å². The summed E-state index contributed by atoms with van der Waals surface area (Å²) in [5.74, 6) is 0.732. The molecule has 2 aliphatic carbocycles. The summed E-state index contributed by atoms with van der Waals surface area (Å²) in [5, 5.41) is 18.8. The number of carbonyl (C=O) groups is 1. The summed E-state index contributed by atoms with van der Waals surface area (Å²) in [5.41, 5.74) is 6.16. The number of benzene rings is 2. The largest absolute Gasteiger partial charge is 0.481 e. The van der Waals surface area contributed by atoms with Crippen LogP contribution in [0.2, 0.25) is 5.02 Å². The van der Waals surface area contributed by atoms with Gasteiger partial charge in [-0.2, -0.15) is 5.26 Å². The molecule has 0 radical (unpaired) electrons. The molecule has 1 heterocycles. The van der Waals surface area contributed by atoms with E-state index in [9.17, 15) is 10.1 Å². The lowest BCUT2D eigenvalue weighted by Crippen LogP contribution is -2.16. The van der Waals surface area contributed by atoms with Crippen LogP contribution in [0.25, 0.3) is 28.6 Å². The Labute approximate surface area is 204 Å². The number of aromatic amines is 1. The van der Waals surface area contributed by atoms with E-state index in [0.29, 0.717) is 29.7 Å². The minimum Gasteiger partial charge on any atom is -0.481 e. The maximum absolute atomic E-state index is 11.0. The topological polar surface area (TPSA) is 89.8 Å². The number of imidazole rings is 1. The van der Waals surface area contributed by atoms with Crippen LogP contribution >= 0.6 is 11.6 Å². The summed E-state index contributed by atoms with van der Waals surface area (Å²) in [4.78, 5) is 19.0. The number of fused-ring (bicyclic) bond motifs is 1. The van der Waals surface area contributed by atoms with E-state index in [4.69, 9.17) is 16.7 Å². The summed E-state index contributed by atoms with van der Waals surface area (Å²) in [6, 6.07) is 17.0. The third-order valence-corrected chi connectivity index (χ3v) is 7.45. The lowest BCUT2D eigenvalue weighted by atomic mass is 9.77. The molecular formula is C28H26ClN3O2. The zero-order valence-corrected chi connectivity index (χ0v) is 19.6. The van der Waals surface area contributed by atoms with E-state index >= 15 is 0 Å². The quantitative estimate of drug-likeness (QED) is 0.425. The number of H-pyrrole nitrogens is 1. The highest BCUT2D eigenvalue weighted by atomic mass is 35.5. The molecule has 2 N–H and O–H groups in total. The molecule has 1 atom stereocenters. The smallest absolute Gasteiger partial charge is 0.303 e. The van der Waals surface area contributed by atoms with Gasteiger partial charge in [0.15, 0.2) is 0 Å². The third-order valence-electron chi connectivity index (χ3n) is 7.14. The number of carboxylic acid groups (broad SMARTS) is 1. The van der Waals surface area contributed by atoms with Crippen molar-refractivity contribution in [1.29, 1.82) is 5.26 Å². The zero-order chi connectivity index (χ0) is 23.7. The van der Waals surface area contributed by atoms with Crippen LogP contribution in [0.1, 0.15) is 55.0 Å². The van der Waals surface area contributed by atoms with Crippen molar-refractivity contribution >= 4 is 23.6 Å². The van der Waals surface area contributed by atoms with Crippen molar-refractivity contribution < 1.29 is 9.90 Å². The summed E-state index contributed by atoms with van der Waals surface area (Å²) < 4.78 is 0. The first-order valence-electron chi connectivity index (χ1n) is 11.8. The molecule has 1 aromatic heterocycles. The molecule has 5 nitrogen and oxygen atoms in total. The van der Waals surface area contributed by atoms with E-state index in [0.717, 1.165) is 59.6 Å². The second-order valence-electron chi connectivity index (χ2n) is 9.38. The summed E-state index contributed by atoms with van der Waals surface area (Å²) >= 11 is 6.66. The number of allylic oxidation sites excluding steroid dienone is 1. The predicted molar refractivity (Wildman–Crippen MR) is 133 cm³/mol. The third kappa shape index (κ3) is 4.64. The standard InChI is InChI=1S/C28H26ClN3O2/c29-24-15-22(10-11-23(24)28-31-25-12-3-18(16-30)13-26(25)32-28)21-8-6-20(7-9-21)19-4-1-17(2-5-19)14-27(33)34/h3,6-12,15,17-19H,1-2,4-5,13-14H2,(H,31,32)(H,33,34). The molecule has 0 aliphatic heterocycles. The van der Waals surface area contributed by atoms with Crippen molar-refractivity contribution in [1.82, 2.24) is 9.97 Å². The van der Waals surface area contributed by atoms with Crippen LogP contribution in [0.3, 0.4) is 0 Å². The molecule has 34 heavy (non-hydrogen) atoms. The number of halogens is 1. The van der Waals surface area contributed by atoms with Gasteiger partial charge in [0.1, 0.15) is 5.82 Å². The number of nitrogens with one attached hydrogen (secondary N) is 1. The van der Waals surface area contributed by atoms with Gasteiger partial charge in [0.25, 0.3) is 0 Å². The molecule has 1 fully saturated rings. The Morgan fingerprint density at radius 2 is 1.85 bits per heavy atom. The van der Waals surface area contributed by atoms with Crippen molar-refractivity contribution in [3.63, 3.8) is 0 Å². The van der Waals surface area contributed by atoms with Crippen LogP contribution in [-0.2, 0) is 11.2 Å². The first-order valence-corrected chi connectivity index (χ1v) is 12.2. The van der Waals surface area contributed by atoms with Crippen LogP contribution < -0.4 is 0 Å². The van der Waals surface area contributed by atoms with Crippen LogP contribution in [0, 0.1) is 23.2 Å². The molecular weight excluding hydrogens is 446 g/mol. The molecule has 2 aliphatic rings. The molecule has 0 amide bonds. The minimum absolute atomic E-state index is 0.124. The number of aromatic nitrogens is 2. The molecule has 172 valence electrons. The van der Waals surface area contributed by atoms with E-state index in [1.807, 2.05) is 24.3 Å². The van der Waals surface area contributed by atoms with Gasteiger partial charge in [0.2, 0.25) is 0 Å². The average Bonchev–Trinajstić information content (AvgIpc) is 3.27. The van der Waals surface area contributed by atoms with Gasteiger partial charge in [-0.05, 0) is 72.4 Å². The normalized spacial score (nSPS) is 21.6. The fourth-order valence-electron chi connectivity index (χ4n) is 5.21. The average molecular weight is 472 g/mol. The van der Waals surface area contributed by atoms with Gasteiger partial charge in [-0.1, -0.05) is 48.0 Å². The molecule has 2 aromatic carbocycles. The number of hydrogen-bond acceptors (Lipinski definition) is 3. The van der Waals surface area contributed by atoms with Gasteiger partial charge < -0.3 is 10.1 Å². The molecule has 0 bridgehead atoms. The number of carboxylic acids is 1. The number of rotatable bonds is 5. The monoisotopic (exact) mass is 471 g/mol. The second kappa shape index (κ2) is 9.48. The Kier molecular flexibility index (Phi) is 6.26. The molecule has 6 heteroatoms. The lowest BCUT2D eigenvalue weighted by molar-refractivity contribution is -0.138. The van der Waals surface area contributed by atoms with Gasteiger partial charge in [0.05, 0.1) is 22.7 Å². The maximum Gasteiger partial charge on any atom is 0.303 e. The SMILES string of the molecule is N#CC1C=Cc2nc(-c3ccc(-c4ccc(C5CCC(CC(=O)O)CC5)cc4)cc3Cl)[nH]c2C1. The molecule has 0 saturated heterocycles. The van der Waals surface area contributed by atoms with E-state index in [1.165, 1.54) is 5.56 Å². The Morgan fingerprint density at radius 3 is 2.53 bits per heavy atom. The molecule has 1 unspecified atom stereocenters. The van der Waals surface area contributed by atoms with Gasteiger partial charge in [-0.25, -0.2) is 4.98 Å². The van der Waals surface area contributed by atoms with Crippen molar-refractivity contribution in [3.8, 4) is 28.6 Å². The van der Waals surface area contributed by atoms with Crippen molar-refractivity contribution in [3.05, 3.63) is 70.5 Å². The van der Waals surface area contributed by atoms with Crippen molar-refractivity contribution in [2.24, 2.45) is 11.8 Å². The number of nitrogens with zero attached hydrogens (tertiary/aromatic N) is 2. The lowest BCUT2D eigenvalue weighted by Gasteiger charge is -2.28. The Morgan fingerprint density at radius 1 is 1.12 bits per heavy atom. The first-order chi connectivity index (χ1) is 16.5. The second-order valence-corrected chi connectivity index (χ2v) is 9.79. The van der Waals surface area contributed by atoms with E-state index in [-0.39, 0.29) is 5.92 Å². The van der Waals surface area contributed by atoms with Crippen molar-refractivity contribution in [2.75, 3.05) is 0 Å². The highest BCUT2D eigenvalue weighted by Gasteiger charge is 2.24. The van der Waals surface area contributed by atoms with Crippen LogP contribution in [0.5, 0.6) is 0 Å². The van der Waals surface area contributed by atoms with Crippen LogP contribution in [0.15, 0.2) is 48.5 Å². The minimum atomic E-state index is -0.686. The Bertz CT molecular complexity index is 1280. The Balaban J connectivity index is 1.29. The highest BCUT2D eigenvalue weighted by Crippen LogP contribution is 2.38. The molecule has 5 rings (SSSR count). The number of aliphatic carboxylic acids is 1. The number of hydrogen-bond donors (Lipinski definition) is 2. The predicted octanol–water partition coefficient (Wildman–Crippen LogP) is 6.85. The first kappa shape index (κ1) is 22.4. The molecule has 1 saturated carbocycles. The fraction of sp³-hybridized carbons (Fsp3) is 0.321. The van der Waals surface area contributed by atoms with Gasteiger partial charge >= 0.3 is 5.97 Å². The van der Waals surface area contributed by atoms with Gasteiger partial charge in [-0.15, -0.1) is 0 Å². The molecule has 3 aromatic rings. The maximum atomic E-state index is 11.0. The van der Waals surface area contributed by atoms with E-state index in [1.54, 1.807) is 0 Å². The fourth-order valence-corrected chi connectivity index (χ4v) is 5.48. The highest BCUT2D eigenvalue weighted by molar-refractivity contribution is 6.33. The van der Waals surface area contributed by atoms with Crippen LogP contribution in [-0.4, -0.2) is 21.0 Å². The van der Waals surface area contributed by atoms with E-state index in [2.05, 4.69) is 46.4 Å². The van der Waals surface area contributed by atoms with Crippen molar-refractivity contribution in [2.45, 2.75) is 44.4 Å². The number of nitriles is 1. The van der Waals surface area contributed by atoms with Crippen LogP contribution in [0.4, 0.5) is 0 Å². The summed E-state index contributed by atoms with van der Waals surface area (Å²) in [7, 11) is 0.